The highest BCUT2D eigenvalue weighted by Gasteiger charge is 2.18. The van der Waals surface area contributed by atoms with Crippen LogP contribution >= 0.6 is 11.5 Å². The van der Waals surface area contributed by atoms with Gasteiger partial charge in [-0.1, -0.05) is 27.0 Å². The third-order valence-electron chi connectivity index (χ3n) is 5.24. The second-order valence-corrected chi connectivity index (χ2v) is 9.09. The van der Waals surface area contributed by atoms with Gasteiger partial charge >= 0.3 is 11.9 Å². The average molecular weight is 541 g/mol. The summed E-state index contributed by atoms with van der Waals surface area (Å²) in [6, 6.07) is 7.53. The van der Waals surface area contributed by atoms with Crippen molar-refractivity contribution in [1.29, 1.82) is 5.26 Å². The van der Waals surface area contributed by atoms with Gasteiger partial charge in [0.15, 0.2) is 0 Å². The van der Waals surface area contributed by atoms with Crippen molar-refractivity contribution in [3.05, 3.63) is 54.8 Å². The molecule has 2 N–H and O–H groups in total. The summed E-state index contributed by atoms with van der Waals surface area (Å²) in [4.78, 5) is 37.5. The van der Waals surface area contributed by atoms with Crippen LogP contribution in [-0.2, 0) is 23.9 Å². The van der Waals surface area contributed by atoms with Crippen LogP contribution in [0.1, 0.15) is 25.1 Å². The Hall–Kier alpha value is -4.37. The molecule has 0 radical (unpaired) electrons. The summed E-state index contributed by atoms with van der Waals surface area (Å²) >= 11 is 1.19. The van der Waals surface area contributed by atoms with Crippen LogP contribution in [0.15, 0.2) is 43.5 Å². The van der Waals surface area contributed by atoms with E-state index >= 15 is 0 Å². The second kappa shape index (κ2) is 14.4. The number of hydrogen-bond donors (Lipinski definition) is 2. The van der Waals surface area contributed by atoms with Crippen molar-refractivity contribution in [3.63, 3.8) is 0 Å². The van der Waals surface area contributed by atoms with Gasteiger partial charge in [-0.15, -0.1) is 0 Å². The molecule has 0 saturated carbocycles. The van der Waals surface area contributed by atoms with Gasteiger partial charge in [0.1, 0.15) is 29.8 Å². The van der Waals surface area contributed by atoms with E-state index in [4.69, 9.17) is 9.47 Å². The zero-order valence-corrected chi connectivity index (χ0v) is 22.8. The van der Waals surface area contributed by atoms with Crippen molar-refractivity contribution in [2.75, 3.05) is 54.0 Å². The van der Waals surface area contributed by atoms with Crippen LogP contribution in [-0.4, -0.2) is 55.6 Å². The first-order valence-corrected chi connectivity index (χ1v) is 12.5. The van der Waals surface area contributed by atoms with Gasteiger partial charge < -0.3 is 19.7 Å². The number of esters is 2. The molecule has 0 atom stereocenters. The van der Waals surface area contributed by atoms with Gasteiger partial charge in [-0.2, -0.15) is 9.64 Å². The number of amides is 1. The minimum absolute atomic E-state index is 0.0678. The van der Waals surface area contributed by atoms with Gasteiger partial charge in [-0.25, -0.2) is 9.59 Å². The Morgan fingerprint density at radius 2 is 1.74 bits per heavy atom. The van der Waals surface area contributed by atoms with Crippen molar-refractivity contribution in [3.8, 4) is 6.07 Å². The number of carbonyl (C=O) groups excluding carboxylic acids is 3. The standard InChI is InChI=1S/C26H32N6O5S/c1-7-23(33)36-13-11-32(12-14-37-24(34)8-2)19-9-10-21(22(15-19)28-25(35)17(3)4)29-31(6)26-20(16-27)18(5)30-38-26/h7-10,15,17,29H,1-2,11-14H2,3-6H3,(H,28,35). The molecule has 0 spiro atoms. The quantitative estimate of drug-likeness (QED) is 0.207. The van der Waals surface area contributed by atoms with Crippen LogP contribution in [0.25, 0.3) is 0 Å². The van der Waals surface area contributed by atoms with Crippen LogP contribution < -0.4 is 20.7 Å². The van der Waals surface area contributed by atoms with Crippen molar-refractivity contribution in [2.24, 2.45) is 5.92 Å². The van der Waals surface area contributed by atoms with Gasteiger partial charge in [0.25, 0.3) is 0 Å². The fraction of sp³-hybridized carbons (Fsp3) is 0.346. The number of nitriles is 1. The smallest absolute Gasteiger partial charge is 0.330 e. The number of rotatable bonds is 14. The lowest BCUT2D eigenvalue weighted by Crippen LogP contribution is -2.32. The summed E-state index contributed by atoms with van der Waals surface area (Å²) < 4.78 is 14.5. The Labute approximate surface area is 226 Å². The van der Waals surface area contributed by atoms with E-state index in [1.54, 1.807) is 45.0 Å². The molecule has 2 aromatic rings. The Morgan fingerprint density at radius 1 is 1.13 bits per heavy atom. The number of anilines is 4. The van der Waals surface area contributed by atoms with Crippen LogP contribution in [0.5, 0.6) is 0 Å². The number of hydrazine groups is 1. The first kappa shape index (κ1) is 29.9. The summed E-state index contributed by atoms with van der Waals surface area (Å²) in [5.41, 5.74) is 6.07. The van der Waals surface area contributed by atoms with Crippen LogP contribution in [0, 0.1) is 24.2 Å². The summed E-state index contributed by atoms with van der Waals surface area (Å²) in [6.07, 6.45) is 2.16. The normalized spacial score (nSPS) is 10.2. The molecule has 12 heteroatoms. The van der Waals surface area contributed by atoms with Crippen molar-refractivity contribution in [1.82, 2.24) is 4.37 Å². The number of aryl methyl sites for hydroxylation is 1. The Balaban J connectivity index is 2.37. The maximum Gasteiger partial charge on any atom is 0.330 e. The van der Waals surface area contributed by atoms with E-state index in [-0.39, 0.29) is 25.0 Å². The topological polar surface area (TPSA) is 137 Å². The molecular formula is C26H32N6O5S. The highest BCUT2D eigenvalue weighted by Crippen LogP contribution is 2.32. The number of aromatic nitrogens is 1. The Bertz CT molecular complexity index is 1190. The molecule has 2 rings (SSSR count). The molecule has 0 fully saturated rings. The van der Waals surface area contributed by atoms with E-state index in [0.29, 0.717) is 46.4 Å². The molecule has 0 saturated heterocycles. The van der Waals surface area contributed by atoms with Gasteiger partial charge in [0.2, 0.25) is 5.91 Å². The monoisotopic (exact) mass is 540 g/mol. The summed E-state index contributed by atoms with van der Waals surface area (Å²) in [5, 5.41) is 14.7. The lowest BCUT2D eigenvalue weighted by molar-refractivity contribution is -0.137. The van der Waals surface area contributed by atoms with Crippen molar-refractivity contribution >= 4 is 51.4 Å². The van der Waals surface area contributed by atoms with E-state index in [0.717, 1.165) is 12.2 Å². The molecule has 0 aliphatic rings. The minimum Gasteiger partial charge on any atom is -0.461 e. The summed E-state index contributed by atoms with van der Waals surface area (Å²) in [5.74, 6) is -1.56. The molecule has 1 aromatic heterocycles. The molecule has 202 valence electrons. The molecule has 0 bridgehead atoms. The SMILES string of the molecule is C=CC(=O)OCCN(CCOC(=O)C=C)c1ccc(NN(C)c2snc(C)c2C#N)c(NC(=O)C(C)C)c1. The zero-order chi connectivity index (χ0) is 28.2. The van der Waals surface area contributed by atoms with E-state index in [1.165, 1.54) is 11.5 Å². The number of nitrogens with zero attached hydrogens (tertiary/aromatic N) is 4. The van der Waals surface area contributed by atoms with Crippen molar-refractivity contribution in [2.45, 2.75) is 20.8 Å². The first-order valence-electron chi connectivity index (χ1n) is 11.8. The van der Waals surface area contributed by atoms with Gasteiger partial charge in [0.05, 0.1) is 30.2 Å². The van der Waals surface area contributed by atoms with E-state index in [2.05, 4.69) is 34.3 Å². The highest BCUT2D eigenvalue weighted by atomic mass is 32.1. The Kier molecular flexibility index (Phi) is 11.3. The number of hydrogen-bond acceptors (Lipinski definition) is 11. The molecule has 0 aliphatic heterocycles. The zero-order valence-electron chi connectivity index (χ0n) is 21.9. The average Bonchev–Trinajstić information content (AvgIpc) is 3.28. The molecule has 0 aliphatic carbocycles. The molecule has 38 heavy (non-hydrogen) atoms. The van der Waals surface area contributed by atoms with Crippen LogP contribution in [0.2, 0.25) is 0 Å². The minimum atomic E-state index is -0.550. The van der Waals surface area contributed by atoms with Crippen LogP contribution in [0.4, 0.5) is 22.1 Å². The predicted octanol–water partition coefficient (Wildman–Crippen LogP) is 3.65. The third kappa shape index (κ3) is 8.35. The fourth-order valence-corrected chi connectivity index (χ4v) is 3.92. The number of ether oxygens (including phenoxy) is 2. The largest absolute Gasteiger partial charge is 0.461 e. The van der Waals surface area contributed by atoms with E-state index in [9.17, 15) is 19.6 Å². The van der Waals surface area contributed by atoms with Crippen LogP contribution in [0.3, 0.4) is 0 Å². The maximum absolute atomic E-state index is 12.6. The first-order chi connectivity index (χ1) is 18.1. The van der Waals surface area contributed by atoms with E-state index < -0.39 is 11.9 Å². The molecule has 0 unspecified atom stereocenters. The van der Waals surface area contributed by atoms with Gasteiger partial charge in [-0.3, -0.25) is 15.2 Å². The van der Waals surface area contributed by atoms with Gasteiger partial charge in [-0.05, 0) is 36.7 Å². The number of carbonyl (C=O) groups is 3. The molecule has 1 aromatic carbocycles. The summed E-state index contributed by atoms with van der Waals surface area (Å²) in [6.45, 7) is 12.8. The maximum atomic E-state index is 12.6. The fourth-order valence-electron chi connectivity index (χ4n) is 3.15. The second-order valence-electron chi connectivity index (χ2n) is 8.33. The third-order valence-corrected chi connectivity index (χ3v) is 6.26. The number of nitrogens with one attached hydrogen (secondary N) is 2. The summed E-state index contributed by atoms with van der Waals surface area (Å²) in [7, 11) is 1.75. The highest BCUT2D eigenvalue weighted by molar-refractivity contribution is 7.10. The molecule has 11 nitrogen and oxygen atoms in total. The Morgan fingerprint density at radius 3 is 2.26 bits per heavy atom. The van der Waals surface area contributed by atoms with E-state index in [1.807, 2.05) is 11.0 Å². The predicted molar refractivity (Wildman–Crippen MR) is 148 cm³/mol. The lowest BCUT2D eigenvalue weighted by atomic mass is 10.1. The lowest BCUT2D eigenvalue weighted by Gasteiger charge is -2.27. The van der Waals surface area contributed by atoms with Gasteiger partial charge in [0, 0.05) is 30.8 Å². The molecule has 1 amide bonds. The van der Waals surface area contributed by atoms with Crippen molar-refractivity contribution < 1.29 is 23.9 Å². The number of benzene rings is 1. The molecular weight excluding hydrogens is 508 g/mol. The molecule has 1 heterocycles.